The van der Waals surface area contributed by atoms with Crippen LogP contribution in [0.3, 0.4) is 0 Å². The Morgan fingerprint density at radius 1 is 1.22 bits per heavy atom. The van der Waals surface area contributed by atoms with Gasteiger partial charge in [0.1, 0.15) is 5.52 Å². The quantitative estimate of drug-likeness (QED) is 0.350. The minimum atomic E-state index is -3.74. The molecule has 1 aromatic heterocycles. The van der Waals surface area contributed by atoms with Crippen LogP contribution in [-0.4, -0.2) is 60.5 Å². The van der Waals surface area contributed by atoms with Gasteiger partial charge in [-0.3, -0.25) is 14.9 Å². The number of sulfonamides is 1. The standard InChI is InChI=1S/C23H26N4O7S2/c1-5-26-21-19(33-4)10-17(27(29)30)11-20(21)35-23(26)24-22(28)16-6-8-18(9-7-16)36(31,32)25-12-14(2)34-15(3)13-25/h6-11,14-15H,5,12-13H2,1-4H3. The Bertz CT molecular complexity index is 1480. The molecule has 0 saturated carbocycles. The summed E-state index contributed by atoms with van der Waals surface area (Å²) in [5, 5.41) is 11.3. The third kappa shape index (κ3) is 4.91. The number of nitro groups is 1. The van der Waals surface area contributed by atoms with Gasteiger partial charge in [0.2, 0.25) is 10.0 Å². The Kier molecular flexibility index (Phi) is 7.27. The Labute approximate surface area is 211 Å². The fourth-order valence-corrected chi connectivity index (χ4v) is 6.93. The first-order valence-corrected chi connectivity index (χ1v) is 13.5. The van der Waals surface area contributed by atoms with Gasteiger partial charge in [0.05, 0.1) is 39.9 Å². The number of hydrogen-bond acceptors (Lipinski definition) is 8. The number of nitrogens with zero attached hydrogens (tertiary/aromatic N) is 4. The number of amides is 1. The number of carbonyl (C=O) groups excluding carboxylic acids is 1. The molecule has 1 fully saturated rings. The highest BCUT2D eigenvalue weighted by Gasteiger charge is 2.32. The van der Waals surface area contributed by atoms with Crippen LogP contribution < -0.4 is 9.54 Å². The number of methoxy groups -OCH3 is 1. The lowest BCUT2D eigenvalue weighted by Gasteiger charge is -2.34. The van der Waals surface area contributed by atoms with Crippen molar-refractivity contribution in [3.63, 3.8) is 0 Å². The van der Waals surface area contributed by atoms with Gasteiger partial charge in [0.15, 0.2) is 10.6 Å². The van der Waals surface area contributed by atoms with Crippen molar-refractivity contribution < 1.29 is 27.6 Å². The molecule has 1 aliphatic rings. The molecule has 36 heavy (non-hydrogen) atoms. The van der Waals surface area contributed by atoms with Crippen molar-refractivity contribution in [2.45, 2.75) is 44.4 Å². The van der Waals surface area contributed by atoms with Crippen LogP contribution in [0.5, 0.6) is 5.75 Å². The van der Waals surface area contributed by atoms with E-state index >= 15 is 0 Å². The highest BCUT2D eigenvalue weighted by Crippen LogP contribution is 2.32. The average Bonchev–Trinajstić information content (AvgIpc) is 3.19. The minimum Gasteiger partial charge on any atom is -0.494 e. The average molecular weight is 535 g/mol. The number of thiazole rings is 1. The number of non-ortho nitro benzene ring substituents is 1. The maximum atomic E-state index is 13.1. The molecule has 1 amide bonds. The van der Waals surface area contributed by atoms with E-state index in [0.717, 1.165) is 11.3 Å². The fourth-order valence-electron chi connectivity index (χ4n) is 4.20. The maximum Gasteiger partial charge on any atom is 0.279 e. The molecule has 4 rings (SSSR count). The normalized spacial score (nSPS) is 19.5. The number of hydrogen-bond donors (Lipinski definition) is 0. The van der Waals surface area contributed by atoms with Crippen LogP contribution in [0.25, 0.3) is 10.2 Å². The smallest absolute Gasteiger partial charge is 0.279 e. The zero-order valence-corrected chi connectivity index (χ0v) is 21.8. The summed E-state index contributed by atoms with van der Waals surface area (Å²) in [6.45, 7) is 6.48. The number of morpholine rings is 1. The van der Waals surface area contributed by atoms with Crippen molar-refractivity contribution in [2.24, 2.45) is 4.99 Å². The van der Waals surface area contributed by atoms with Crippen LogP contribution in [0.2, 0.25) is 0 Å². The molecule has 0 radical (unpaired) electrons. The fraction of sp³-hybridized carbons (Fsp3) is 0.391. The second-order valence-corrected chi connectivity index (χ2v) is 11.3. The molecule has 2 aromatic carbocycles. The summed E-state index contributed by atoms with van der Waals surface area (Å²) < 4.78 is 40.8. The van der Waals surface area contributed by atoms with Crippen molar-refractivity contribution in [3.05, 3.63) is 56.9 Å². The lowest BCUT2D eigenvalue weighted by atomic mass is 10.2. The molecule has 2 atom stereocenters. The zero-order chi connectivity index (χ0) is 26.2. The van der Waals surface area contributed by atoms with Crippen LogP contribution in [0.15, 0.2) is 46.3 Å². The van der Waals surface area contributed by atoms with Crippen LogP contribution in [0, 0.1) is 10.1 Å². The number of fused-ring (bicyclic) bond motifs is 1. The largest absolute Gasteiger partial charge is 0.494 e. The van der Waals surface area contributed by atoms with Crippen molar-refractivity contribution >= 4 is 43.2 Å². The van der Waals surface area contributed by atoms with E-state index in [1.165, 1.54) is 47.8 Å². The van der Waals surface area contributed by atoms with Crippen molar-refractivity contribution in [1.82, 2.24) is 8.87 Å². The van der Waals surface area contributed by atoms with Crippen LogP contribution in [0.4, 0.5) is 5.69 Å². The van der Waals surface area contributed by atoms with E-state index in [9.17, 15) is 23.3 Å². The van der Waals surface area contributed by atoms with E-state index in [4.69, 9.17) is 9.47 Å². The van der Waals surface area contributed by atoms with Gasteiger partial charge in [-0.2, -0.15) is 9.30 Å². The summed E-state index contributed by atoms with van der Waals surface area (Å²) in [7, 11) is -2.31. The molecule has 192 valence electrons. The Hall–Kier alpha value is -3.13. The van der Waals surface area contributed by atoms with Crippen molar-refractivity contribution in [3.8, 4) is 5.75 Å². The van der Waals surface area contributed by atoms with Gasteiger partial charge in [0.25, 0.3) is 11.6 Å². The van der Waals surface area contributed by atoms with Crippen LogP contribution in [0.1, 0.15) is 31.1 Å². The third-order valence-electron chi connectivity index (χ3n) is 5.80. The molecule has 0 bridgehead atoms. The molecule has 13 heteroatoms. The number of rotatable bonds is 6. The summed E-state index contributed by atoms with van der Waals surface area (Å²) in [6.07, 6.45) is -0.426. The number of aryl methyl sites for hydroxylation is 1. The third-order valence-corrected chi connectivity index (χ3v) is 8.67. The molecular formula is C23H26N4O7S2. The lowest BCUT2D eigenvalue weighted by molar-refractivity contribution is -0.384. The molecule has 3 aromatic rings. The topological polar surface area (TPSA) is 133 Å². The molecule has 1 aliphatic heterocycles. The summed E-state index contributed by atoms with van der Waals surface area (Å²) in [5.74, 6) is -0.248. The monoisotopic (exact) mass is 534 g/mol. The number of carbonyl (C=O) groups is 1. The lowest BCUT2D eigenvalue weighted by Crippen LogP contribution is -2.48. The number of ether oxygens (including phenoxy) is 2. The maximum absolute atomic E-state index is 13.1. The molecule has 0 aliphatic carbocycles. The summed E-state index contributed by atoms with van der Waals surface area (Å²) in [5.41, 5.74) is 0.705. The summed E-state index contributed by atoms with van der Waals surface area (Å²) in [4.78, 5) is 28.4. The molecule has 0 spiro atoms. The Balaban J connectivity index is 1.68. The Morgan fingerprint density at radius 3 is 2.42 bits per heavy atom. The highest BCUT2D eigenvalue weighted by molar-refractivity contribution is 7.89. The first-order valence-electron chi connectivity index (χ1n) is 11.3. The predicted molar refractivity (Wildman–Crippen MR) is 134 cm³/mol. The molecule has 11 nitrogen and oxygen atoms in total. The van der Waals surface area contributed by atoms with E-state index in [0.29, 0.717) is 27.3 Å². The minimum absolute atomic E-state index is 0.0860. The van der Waals surface area contributed by atoms with Gasteiger partial charge < -0.3 is 14.0 Å². The van der Waals surface area contributed by atoms with Gasteiger partial charge in [-0.15, -0.1) is 0 Å². The van der Waals surface area contributed by atoms with Gasteiger partial charge in [-0.1, -0.05) is 11.3 Å². The van der Waals surface area contributed by atoms with E-state index in [1.807, 2.05) is 20.8 Å². The molecule has 0 N–H and O–H groups in total. The predicted octanol–water partition coefficient (Wildman–Crippen LogP) is 3.18. The van der Waals surface area contributed by atoms with Gasteiger partial charge in [-0.05, 0) is 45.0 Å². The Morgan fingerprint density at radius 2 is 1.86 bits per heavy atom. The highest BCUT2D eigenvalue weighted by atomic mass is 32.2. The molecule has 2 unspecified atom stereocenters. The SMILES string of the molecule is CCn1c(=NC(=O)c2ccc(S(=O)(=O)N3CC(C)OC(C)C3)cc2)sc2cc([N+](=O)[O-])cc(OC)c21. The number of aromatic nitrogens is 1. The van der Waals surface area contributed by atoms with Crippen LogP contribution >= 0.6 is 11.3 Å². The second kappa shape index (κ2) is 10.1. The molecular weight excluding hydrogens is 508 g/mol. The van der Waals surface area contributed by atoms with Gasteiger partial charge in [0, 0.05) is 31.3 Å². The van der Waals surface area contributed by atoms with E-state index in [-0.39, 0.29) is 41.4 Å². The van der Waals surface area contributed by atoms with E-state index in [2.05, 4.69) is 4.99 Å². The van der Waals surface area contributed by atoms with Crippen LogP contribution in [-0.2, 0) is 21.3 Å². The summed E-state index contributed by atoms with van der Waals surface area (Å²) >= 11 is 1.14. The zero-order valence-electron chi connectivity index (χ0n) is 20.2. The second-order valence-electron chi connectivity index (χ2n) is 8.40. The number of nitro benzene ring substituents is 1. The van der Waals surface area contributed by atoms with Gasteiger partial charge >= 0.3 is 0 Å². The number of benzene rings is 2. The van der Waals surface area contributed by atoms with E-state index in [1.54, 1.807) is 4.57 Å². The first-order chi connectivity index (χ1) is 17.0. The van der Waals surface area contributed by atoms with Crippen molar-refractivity contribution in [2.75, 3.05) is 20.2 Å². The van der Waals surface area contributed by atoms with Crippen molar-refractivity contribution in [1.29, 1.82) is 0 Å². The summed E-state index contributed by atoms with van der Waals surface area (Å²) in [6, 6.07) is 8.41. The van der Waals surface area contributed by atoms with E-state index < -0.39 is 20.9 Å². The molecule has 2 heterocycles. The van der Waals surface area contributed by atoms with Gasteiger partial charge in [-0.25, -0.2) is 8.42 Å². The first kappa shape index (κ1) is 25.9. The molecule has 1 saturated heterocycles.